The van der Waals surface area contributed by atoms with Gasteiger partial charge in [-0.2, -0.15) is 13.2 Å². The topological polar surface area (TPSA) is 58.4 Å². The summed E-state index contributed by atoms with van der Waals surface area (Å²) < 4.78 is 51.3. The molecular weight excluding hydrogens is 318 g/mol. The lowest BCUT2D eigenvalue weighted by Gasteiger charge is -2.35. The number of piperazine rings is 1. The normalized spacial score (nSPS) is 17.9. The minimum atomic E-state index is -4.37. The SMILES string of the molecule is O=[N+]([O-])c1ccc(F)cc1[C@H](CCC(F)(F)F)N1CCNCC1. The first-order chi connectivity index (χ1) is 10.8. The molecule has 128 valence electrons. The van der Waals surface area contributed by atoms with E-state index in [-0.39, 0.29) is 17.7 Å². The largest absolute Gasteiger partial charge is 0.389 e. The maximum Gasteiger partial charge on any atom is 0.389 e. The van der Waals surface area contributed by atoms with Crippen molar-refractivity contribution in [1.29, 1.82) is 0 Å². The van der Waals surface area contributed by atoms with Crippen LogP contribution in [0, 0.1) is 15.9 Å². The van der Waals surface area contributed by atoms with E-state index in [1.807, 2.05) is 0 Å². The number of hydrogen-bond donors (Lipinski definition) is 1. The Labute approximate surface area is 130 Å². The number of nitro benzene ring substituents is 1. The van der Waals surface area contributed by atoms with Crippen molar-refractivity contribution in [2.24, 2.45) is 0 Å². The highest BCUT2D eigenvalue weighted by Gasteiger charge is 2.34. The van der Waals surface area contributed by atoms with Crippen LogP contribution in [0.5, 0.6) is 0 Å². The zero-order valence-corrected chi connectivity index (χ0v) is 12.3. The van der Waals surface area contributed by atoms with Gasteiger partial charge in [0.05, 0.1) is 4.92 Å². The van der Waals surface area contributed by atoms with Crippen molar-refractivity contribution < 1.29 is 22.5 Å². The Balaban J connectivity index is 2.35. The van der Waals surface area contributed by atoms with Gasteiger partial charge in [0.25, 0.3) is 5.69 Å². The van der Waals surface area contributed by atoms with Gasteiger partial charge in [-0.3, -0.25) is 15.0 Å². The van der Waals surface area contributed by atoms with Crippen LogP contribution < -0.4 is 5.32 Å². The van der Waals surface area contributed by atoms with Crippen LogP contribution in [0.2, 0.25) is 0 Å². The van der Waals surface area contributed by atoms with Crippen molar-refractivity contribution in [2.75, 3.05) is 26.2 Å². The molecule has 1 aliphatic rings. The van der Waals surface area contributed by atoms with E-state index in [2.05, 4.69) is 5.32 Å². The molecule has 0 bridgehead atoms. The van der Waals surface area contributed by atoms with Crippen molar-refractivity contribution in [1.82, 2.24) is 10.2 Å². The third-order valence-corrected chi connectivity index (χ3v) is 3.84. The second-order valence-electron chi connectivity index (χ2n) is 5.42. The van der Waals surface area contributed by atoms with Gasteiger partial charge in [0.1, 0.15) is 5.82 Å². The highest BCUT2D eigenvalue weighted by Crippen LogP contribution is 2.36. The summed E-state index contributed by atoms with van der Waals surface area (Å²) in [5.41, 5.74) is -0.349. The summed E-state index contributed by atoms with van der Waals surface area (Å²) in [5, 5.41) is 14.2. The fourth-order valence-electron chi connectivity index (χ4n) is 2.79. The Kier molecular flexibility index (Phi) is 5.53. The molecule has 0 aromatic heterocycles. The summed E-state index contributed by atoms with van der Waals surface area (Å²) in [6.45, 7) is 2.06. The molecule has 9 heteroatoms. The summed E-state index contributed by atoms with van der Waals surface area (Å²) in [6.07, 6.45) is -5.78. The monoisotopic (exact) mass is 335 g/mol. The number of benzene rings is 1. The molecule has 1 aromatic rings. The van der Waals surface area contributed by atoms with Crippen molar-refractivity contribution in [2.45, 2.75) is 25.1 Å². The van der Waals surface area contributed by atoms with Crippen LogP contribution in [0.15, 0.2) is 18.2 Å². The van der Waals surface area contributed by atoms with Crippen LogP contribution in [0.1, 0.15) is 24.4 Å². The first kappa shape index (κ1) is 17.6. The molecule has 0 aliphatic carbocycles. The van der Waals surface area contributed by atoms with Crippen molar-refractivity contribution in [3.63, 3.8) is 0 Å². The maximum atomic E-state index is 13.5. The number of alkyl halides is 3. The molecule has 1 atom stereocenters. The minimum Gasteiger partial charge on any atom is -0.314 e. The van der Waals surface area contributed by atoms with E-state index in [1.165, 1.54) is 0 Å². The van der Waals surface area contributed by atoms with E-state index in [9.17, 15) is 27.7 Å². The maximum absolute atomic E-state index is 13.5. The van der Waals surface area contributed by atoms with Crippen LogP contribution in [0.25, 0.3) is 0 Å². The molecule has 1 fully saturated rings. The molecule has 0 radical (unpaired) electrons. The van der Waals surface area contributed by atoms with Gasteiger partial charge in [0.2, 0.25) is 0 Å². The van der Waals surface area contributed by atoms with E-state index in [0.29, 0.717) is 26.2 Å². The standard InChI is InChI=1S/C14H17F4N3O2/c15-10-1-2-13(21(22)23)11(9-10)12(3-4-14(16,17)18)20-7-5-19-6-8-20/h1-2,9,12,19H,3-8H2/t12-/m0/s1. The second kappa shape index (κ2) is 7.22. The zero-order chi connectivity index (χ0) is 17.0. The molecule has 0 spiro atoms. The zero-order valence-electron chi connectivity index (χ0n) is 12.3. The fourth-order valence-corrected chi connectivity index (χ4v) is 2.79. The molecule has 0 unspecified atom stereocenters. The van der Waals surface area contributed by atoms with Crippen molar-refractivity contribution in [3.05, 3.63) is 39.7 Å². The lowest BCUT2D eigenvalue weighted by atomic mass is 9.97. The lowest BCUT2D eigenvalue weighted by Crippen LogP contribution is -2.45. The molecule has 0 amide bonds. The number of nitro groups is 1. The van der Waals surface area contributed by atoms with E-state index in [1.54, 1.807) is 4.90 Å². The summed E-state index contributed by atoms with van der Waals surface area (Å²) in [6, 6.07) is 2.09. The Morgan fingerprint density at radius 1 is 1.30 bits per heavy atom. The summed E-state index contributed by atoms with van der Waals surface area (Å²) in [5.74, 6) is -0.697. The quantitative estimate of drug-likeness (QED) is 0.510. The predicted octanol–water partition coefficient (Wildman–Crippen LogP) is 3.02. The third-order valence-electron chi connectivity index (χ3n) is 3.84. The van der Waals surface area contributed by atoms with E-state index in [4.69, 9.17) is 0 Å². The summed E-state index contributed by atoms with van der Waals surface area (Å²) in [4.78, 5) is 12.2. The fraction of sp³-hybridized carbons (Fsp3) is 0.571. The molecule has 2 rings (SSSR count). The minimum absolute atomic E-state index is 0.00106. The van der Waals surface area contributed by atoms with Crippen LogP contribution >= 0.6 is 0 Å². The lowest BCUT2D eigenvalue weighted by molar-refractivity contribution is -0.386. The van der Waals surface area contributed by atoms with Gasteiger partial charge in [-0.1, -0.05) is 0 Å². The first-order valence-electron chi connectivity index (χ1n) is 7.23. The molecule has 1 N–H and O–H groups in total. The molecule has 0 saturated carbocycles. The van der Waals surface area contributed by atoms with E-state index in [0.717, 1.165) is 18.2 Å². The Morgan fingerprint density at radius 2 is 1.96 bits per heavy atom. The van der Waals surface area contributed by atoms with Gasteiger partial charge in [0.15, 0.2) is 0 Å². The summed E-state index contributed by atoms with van der Waals surface area (Å²) in [7, 11) is 0. The molecule has 1 aliphatic heterocycles. The molecule has 5 nitrogen and oxygen atoms in total. The van der Waals surface area contributed by atoms with E-state index < -0.39 is 29.4 Å². The van der Waals surface area contributed by atoms with Gasteiger partial charge >= 0.3 is 6.18 Å². The van der Waals surface area contributed by atoms with Crippen LogP contribution in [-0.4, -0.2) is 42.2 Å². The molecular formula is C14H17F4N3O2. The van der Waals surface area contributed by atoms with Crippen LogP contribution in [-0.2, 0) is 0 Å². The molecule has 1 heterocycles. The average Bonchev–Trinajstić information content (AvgIpc) is 2.47. The smallest absolute Gasteiger partial charge is 0.314 e. The van der Waals surface area contributed by atoms with Gasteiger partial charge in [0, 0.05) is 50.3 Å². The molecule has 1 aromatic carbocycles. The number of hydrogen-bond acceptors (Lipinski definition) is 4. The van der Waals surface area contributed by atoms with Gasteiger partial charge in [-0.25, -0.2) is 4.39 Å². The predicted molar refractivity (Wildman–Crippen MR) is 75.5 cm³/mol. The van der Waals surface area contributed by atoms with Gasteiger partial charge < -0.3 is 5.32 Å². The number of rotatable bonds is 5. The van der Waals surface area contributed by atoms with Crippen molar-refractivity contribution in [3.8, 4) is 0 Å². The highest BCUT2D eigenvalue weighted by atomic mass is 19.4. The molecule has 23 heavy (non-hydrogen) atoms. The van der Waals surface area contributed by atoms with Gasteiger partial charge in [-0.05, 0) is 18.6 Å². The second-order valence-corrected chi connectivity index (χ2v) is 5.42. The van der Waals surface area contributed by atoms with E-state index >= 15 is 0 Å². The molecule has 1 saturated heterocycles. The number of nitrogens with one attached hydrogen (secondary N) is 1. The van der Waals surface area contributed by atoms with Crippen LogP contribution in [0.3, 0.4) is 0 Å². The first-order valence-corrected chi connectivity index (χ1v) is 7.23. The van der Waals surface area contributed by atoms with Gasteiger partial charge in [-0.15, -0.1) is 0 Å². The van der Waals surface area contributed by atoms with Crippen molar-refractivity contribution >= 4 is 5.69 Å². The number of halogens is 4. The average molecular weight is 335 g/mol. The highest BCUT2D eigenvalue weighted by molar-refractivity contribution is 5.42. The Hall–Kier alpha value is -1.74. The third kappa shape index (κ3) is 4.87. The summed E-state index contributed by atoms with van der Waals surface area (Å²) >= 11 is 0. The van der Waals surface area contributed by atoms with Crippen LogP contribution in [0.4, 0.5) is 23.2 Å². The Bertz CT molecular complexity index is 559. The Morgan fingerprint density at radius 3 is 2.52 bits per heavy atom. The number of nitrogens with zero attached hydrogens (tertiary/aromatic N) is 2.